The van der Waals surface area contributed by atoms with Crippen LogP contribution < -0.4 is 10.6 Å². The molecule has 0 saturated heterocycles. The molecule has 3 N–H and O–H groups in total. The van der Waals surface area contributed by atoms with E-state index in [-0.39, 0.29) is 23.7 Å². The number of hydrogen-bond acceptors (Lipinski definition) is 4. The molecule has 130 valence electrons. The van der Waals surface area contributed by atoms with Crippen LogP contribution in [0, 0.1) is 5.41 Å². The summed E-state index contributed by atoms with van der Waals surface area (Å²) in [5.74, 6) is 0. The zero-order valence-electron chi connectivity index (χ0n) is 15.0. The molecule has 22 heavy (non-hydrogen) atoms. The highest BCUT2D eigenvalue weighted by atomic mass is 16.6. The molecule has 1 saturated carbocycles. The normalized spacial score (nSPS) is 24.1. The molecule has 1 aliphatic carbocycles. The van der Waals surface area contributed by atoms with Gasteiger partial charge in [0, 0.05) is 18.6 Å². The Morgan fingerprint density at radius 2 is 1.77 bits per heavy atom. The molecule has 0 aromatic heterocycles. The maximum Gasteiger partial charge on any atom is 0.407 e. The minimum atomic E-state index is -0.461. The van der Waals surface area contributed by atoms with E-state index < -0.39 is 5.60 Å². The lowest BCUT2D eigenvalue weighted by atomic mass is 9.89. The lowest BCUT2D eigenvalue weighted by molar-refractivity contribution is 0.0504. The Balaban J connectivity index is 2.24. The van der Waals surface area contributed by atoms with E-state index in [1.165, 1.54) is 0 Å². The van der Waals surface area contributed by atoms with Crippen LogP contribution >= 0.6 is 0 Å². The molecular formula is C17H34N2O3. The van der Waals surface area contributed by atoms with E-state index in [0.717, 1.165) is 25.7 Å². The van der Waals surface area contributed by atoms with Crippen LogP contribution in [0.4, 0.5) is 4.79 Å². The number of rotatable bonds is 5. The quantitative estimate of drug-likeness (QED) is 0.730. The maximum absolute atomic E-state index is 11.8. The molecule has 1 rings (SSSR count). The molecule has 0 aromatic carbocycles. The first-order chi connectivity index (χ1) is 9.94. The third kappa shape index (κ3) is 8.59. The van der Waals surface area contributed by atoms with Crippen molar-refractivity contribution in [3.05, 3.63) is 0 Å². The predicted octanol–water partition coefficient (Wildman–Crippen LogP) is 2.82. The largest absolute Gasteiger partial charge is 0.444 e. The van der Waals surface area contributed by atoms with E-state index in [0.29, 0.717) is 12.6 Å². The van der Waals surface area contributed by atoms with Gasteiger partial charge in [-0.05, 0) is 51.9 Å². The summed E-state index contributed by atoms with van der Waals surface area (Å²) >= 11 is 0. The zero-order chi connectivity index (χ0) is 17.0. The Bertz CT molecular complexity index is 358. The van der Waals surface area contributed by atoms with Crippen molar-refractivity contribution in [2.75, 3.05) is 6.54 Å². The monoisotopic (exact) mass is 314 g/mol. The van der Waals surface area contributed by atoms with E-state index in [4.69, 9.17) is 4.74 Å². The average molecular weight is 314 g/mol. The van der Waals surface area contributed by atoms with Crippen LogP contribution in [0.3, 0.4) is 0 Å². The van der Waals surface area contributed by atoms with Gasteiger partial charge < -0.3 is 20.5 Å². The van der Waals surface area contributed by atoms with Crippen molar-refractivity contribution in [2.24, 2.45) is 5.41 Å². The van der Waals surface area contributed by atoms with E-state index in [9.17, 15) is 9.90 Å². The van der Waals surface area contributed by atoms with Crippen molar-refractivity contribution in [3.8, 4) is 0 Å². The lowest BCUT2D eigenvalue weighted by Gasteiger charge is -2.24. The highest BCUT2D eigenvalue weighted by Gasteiger charge is 2.28. The Labute approximate surface area is 135 Å². The average Bonchev–Trinajstić information content (AvgIpc) is 2.68. The lowest BCUT2D eigenvalue weighted by Crippen LogP contribution is -2.40. The van der Waals surface area contributed by atoms with Gasteiger partial charge in [-0.25, -0.2) is 4.79 Å². The predicted molar refractivity (Wildman–Crippen MR) is 88.9 cm³/mol. The molecule has 0 spiro atoms. The van der Waals surface area contributed by atoms with Gasteiger partial charge in [0.25, 0.3) is 0 Å². The topological polar surface area (TPSA) is 70.6 Å². The van der Waals surface area contributed by atoms with Gasteiger partial charge in [-0.3, -0.25) is 0 Å². The van der Waals surface area contributed by atoms with Crippen LogP contribution in [0.2, 0.25) is 0 Å². The van der Waals surface area contributed by atoms with Gasteiger partial charge in [0.15, 0.2) is 0 Å². The van der Waals surface area contributed by atoms with Gasteiger partial charge in [0.05, 0.1) is 6.10 Å². The molecular weight excluding hydrogens is 280 g/mol. The van der Waals surface area contributed by atoms with Crippen molar-refractivity contribution in [3.63, 3.8) is 0 Å². The number of aliphatic hydroxyl groups excluding tert-OH is 1. The summed E-state index contributed by atoms with van der Waals surface area (Å²) in [7, 11) is 0. The highest BCUT2D eigenvalue weighted by Crippen LogP contribution is 2.22. The van der Waals surface area contributed by atoms with Crippen LogP contribution in [0.15, 0.2) is 0 Å². The number of aliphatic hydroxyl groups is 1. The van der Waals surface area contributed by atoms with Crippen molar-refractivity contribution < 1.29 is 14.6 Å². The van der Waals surface area contributed by atoms with Gasteiger partial charge in [-0.15, -0.1) is 0 Å². The summed E-state index contributed by atoms with van der Waals surface area (Å²) < 4.78 is 5.28. The number of ether oxygens (including phenoxy) is 1. The van der Waals surface area contributed by atoms with Crippen LogP contribution in [0.1, 0.15) is 67.2 Å². The molecule has 0 heterocycles. The van der Waals surface area contributed by atoms with Crippen LogP contribution in [0.25, 0.3) is 0 Å². The molecule has 0 bridgehead atoms. The van der Waals surface area contributed by atoms with Gasteiger partial charge in [-0.2, -0.15) is 0 Å². The SMILES string of the molecule is CC(C)(C)CC(O)CNC1CCC(NC(=O)OC(C)(C)C)C1. The standard InChI is InChI=1S/C17H34N2O3/c1-16(2,3)10-14(20)11-18-12-7-8-13(9-12)19-15(21)22-17(4,5)6/h12-14,18,20H,7-11H2,1-6H3,(H,19,21). The summed E-state index contributed by atoms with van der Waals surface area (Å²) in [5, 5.41) is 16.4. The fourth-order valence-electron chi connectivity index (χ4n) is 2.85. The number of alkyl carbamates (subject to hydrolysis) is 1. The number of nitrogens with one attached hydrogen (secondary N) is 2. The van der Waals surface area contributed by atoms with Gasteiger partial charge in [0.1, 0.15) is 5.60 Å². The van der Waals surface area contributed by atoms with E-state index in [1.807, 2.05) is 20.8 Å². The van der Waals surface area contributed by atoms with Crippen molar-refractivity contribution >= 4 is 6.09 Å². The zero-order valence-corrected chi connectivity index (χ0v) is 15.0. The Kier molecular flexibility index (Phi) is 6.68. The van der Waals surface area contributed by atoms with E-state index >= 15 is 0 Å². The molecule has 1 aliphatic rings. The molecule has 0 aliphatic heterocycles. The van der Waals surface area contributed by atoms with Crippen LogP contribution in [0.5, 0.6) is 0 Å². The number of carbonyl (C=O) groups excluding carboxylic acids is 1. The molecule has 0 radical (unpaired) electrons. The van der Waals surface area contributed by atoms with Crippen molar-refractivity contribution in [1.82, 2.24) is 10.6 Å². The Morgan fingerprint density at radius 1 is 1.18 bits per heavy atom. The smallest absolute Gasteiger partial charge is 0.407 e. The Morgan fingerprint density at radius 3 is 2.32 bits per heavy atom. The first kappa shape index (κ1) is 19.2. The van der Waals surface area contributed by atoms with Crippen LogP contribution in [-0.2, 0) is 4.74 Å². The third-order valence-corrected chi connectivity index (χ3v) is 3.64. The first-order valence-electron chi connectivity index (χ1n) is 8.35. The van der Waals surface area contributed by atoms with Gasteiger partial charge >= 0.3 is 6.09 Å². The second-order valence-electron chi connectivity index (χ2n) is 8.68. The highest BCUT2D eigenvalue weighted by molar-refractivity contribution is 5.68. The van der Waals surface area contributed by atoms with E-state index in [1.54, 1.807) is 0 Å². The van der Waals surface area contributed by atoms with Gasteiger partial charge in [0.2, 0.25) is 0 Å². The first-order valence-corrected chi connectivity index (χ1v) is 8.35. The molecule has 5 heteroatoms. The van der Waals surface area contributed by atoms with Crippen LogP contribution in [-0.4, -0.2) is 41.5 Å². The summed E-state index contributed by atoms with van der Waals surface area (Å²) in [6.07, 6.45) is 2.98. The third-order valence-electron chi connectivity index (χ3n) is 3.64. The second-order valence-corrected chi connectivity index (χ2v) is 8.68. The number of hydrogen-bond donors (Lipinski definition) is 3. The minimum absolute atomic E-state index is 0.136. The second kappa shape index (κ2) is 7.64. The molecule has 3 unspecified atom stereocenters. The summed E-state index contributed by atoms with van der Waals surface area (Å²) in [6.45, 7) is 12.6. The minimum Gasteiger partial charge on any atom is -0.444 e. The number of amides is 1. The Hall–Kier alpha value is -0.810. The van der Waals surface area contributed by atoms with Gasteiger partial charge in [-0.1, -0.05) is 20.8 Å². The fraction of sp³-hybridized carbons (Fsp3) is 0.941. The molecule has 1 amide bonds. The summed E-state index contributed by atoms with van der Waals surface area (Å²) in [4.78, 5) is 11.8. The molecule has 5 nitrogen and oxygen atoms in total. The maximum atomic E-state index is 11.8. The van der Waals surface area contributed by atoms with Crippen molar-refractivity contribution in [1.29, 1.82) is 0 Å². The summed E-state index contributed by atoms with van der Waals surface area (Å²) in [6, 6.07) is 0.515. The number of carbonyl (C=O) groups is 1. The molecule has 1 fully saturated rings. The molecule has 0 aromatic rings. The fourth-order valence-corrected chi connectivity index (χ4v) is 2.85. The molecule has 3 atom stereocenters. The van der Waals surface area contributed by atoms with Crippen molar-refractivity contribution in [2.45, 2.75) is 91.0 Å². The summed E-state index contributed by atoms with van der Waals surface area (Å²) in [5.41, 5.74) is -0.324. The van der Waals surface area contributed by atoms with E-state index in [2.05, 4.69) is 31.4 Å².